The molecule has 6 N–H and O–H groups in total. The van der Waals surface area contributed by atoms with Gasteiger partial charge in [0.05, 0.1) is 5.56 Å². The molecule has 2 aliphatic heterocycles. The Bertz CT molecular complexity index is 2190. The molecule has 1 spiro atoms. The van der Waals surface area contributed by atoms with Gasteiger partial charge in [0, 0.05) is 66.0 Å². The van der Waals surface area contributed by atoms with E-state index in [1.165, 1.54) is 24.3 Å². The first-order chi connectivity index (χ1) is 25.7. The molecule has 0 unspecified atom stereocenters. The van der Waals surface area contributed by atoms with Crippen LogP contribution in [0, 0.1) is 0 Å². The van der Waals surface area contributed by atoms with Crippen molar-refractivity contribution in [1.82, 2.24) is 16.0 Å². The number of rotatable bonds is 11. The minimum absolute atomic E-state index is 0.0220. The number of anilines is 1. The predicted molar refractivity (Wildman–Crippen MR) is 202 cm³/mol. The zero-order valence-corrected chi connectivity index (χ0v) is 29.3. The average Bonchev–Trinajstić information content (AvgIpc) is 3.42. The SMILES string of the molecule is O=C(CCCCCNC(=O)Oc1cccc2ccccc12)NCCNC(=S)Nc1ccc2c(c1)C(=O)OC21c2ccc(O)cc2Oc2cc(O)ccc21. The average molecular weight is 733 g/mol. The summed E-state index contributed by atoms with van der Waals surface area (Å²) in [5.41, 5.74) is 1.17. The van der Waals surface area contributed by atoms with Crippen molar-refractivity contribution < 1.29 is 38.8 Å². The number of thiocarbonyl (C=S) groups is 1. The first kappa shape index (κ1) is 35.1. The van der Waals surface area contributed by atoms with E-state index in [2.05, 4.69) is 21.3 Å². The molecule has 270 valence electrons. The maximum absolute atomic E-state index is 13.4. The first-order valence-electron chi connectivity index (χ1n) is 17.2. The summed E-state index contributed by atoms with van der Waals surface area (Å²) in [5, 5.41) is 34.2. The number of nitrogens with one attached hydrogen (secondary N) is 4. The summed E-state index contributed by atoms with van der Waals surface area (Å²) in [5.74, 6) is 0.425. The number of phenols is 2. The van der Waals surface area contributed by atoms with Gasteiger partial charge in [-0.2, -0.15) is 0 Å². The second-order valence-electron chi connectivity index (χ2n) is 12.6. The second kappa shape index (κ2) is 15.1. The van der Waals surface area contributed by atoms with Crippen molar-refractivity contribution in [3.8, 4) is 28.7 Å². The Hall–Kier alpha value is -6.34. The van der Waals surface area contributed by atoms with Crippen molar-refractivity contribution in [3.05, 3.63) is 119 Å². The lowest BCUT2D eigenvalue weighted by Crippen LogP contribution is -2.36. The molecular weight excluding hydrogens is 697 g/mol. The molecule has 2 amide bonds. The quantitative estimate of drug-likeness (QED) is 0.0494. The van der Waals surface area contributed by atoms with Gasteiger partial charge in [-0.15, -0.1) is 0 Å². The van der Waals surface area contributed by atoms with Crippen molar-refractivity contribution in [2.45, 2.75) is 31.3 Å². The van der Waals surface area contributed by atoms with E-state index >= 15 is 0 Å². The van der Waals surface area contributed by atoms with E-state index in [1.54, 1.807) is 36.4 Å². The Morgan fingerprint density at radius 3 is 2.21 bits per heavy atom. The Morgan fingerprint density at radius 1 is 0.736 bits per heavy atom. The summed E-state index contributed by atoms with van der Waals surface area (Å²) < 4.78 is 17.6. The molecule has 53 heavy (non-hydrogen) atoms. The van der Waals surface area contributed by atoms with E-state index in [0.29, 0.717) is 89.2 Å². The van der Waals surface area contributed by atoms with Crippen LogP contribution in [-0.2, 0) is 15.1 Å². The van der Waals surface area contributed by atoms with Gasteiger partial charge in [0.25, 0.3) is 0 Å². The monoisotopic (exact) mass is 732 g/mol. The fourth-order valence-electron chi connectivity index (χ4n) is 6.62. The lowest BCUT2D eigenvalue weighted by atomic mass is 9.77. The minimum Gasteiger partial charge on any atom is -0.508 e. The number of hydrogen-bond donors (Lipinski definition) is 6. The molecule has 5 aromatic rings. The molecule has 0 aromatic heterocycles. The second-order valence-corrected chi connectivity index (χ2v) is 13.0. The third kappa shape index (κ3) is 7.37. The highest BCUT2D eigenvalue weighted by atomic mass is 32.1. The highest BCUT2D eigenvalue weighted by Gasteiger charge is 2.53. The number of hydrogen-bond acceptors (Lipinski definition) is 9. The molecule has 0 atom stereocenters. The number of carbonyl (C=O) groups is 3. The largest absolute Gasteiger partial charge is 0.508 e. The maximum atomic E-state index is 13.4. The molecule has 0 radical (unpaired) electrons. The normalized spacial score (nSPS) is 13.2. The third-order valence-corrected chi connectivity index (χ3v) is 9.31. The van der Waals surface area contributed by atoms with E-state index in [1.807, 2.05) is 36.4 Å². The minimum atomic E-state index is -1.35. The van der Waals surface area contributed by atoms with Crippen molar-refractivity contribution in [3.63, 3.8) is 0 Å². The molecule has 0 bridgehead atoms. The fraction of sp³-hybridized carbons (Fsp3) is 0.200. The van der Waals surface area contributed by atoms with Crippen LogP contribution in [0.25, 0.3) is 10.8 Å². The van der Waals surface area contributed by atoms with Crippen LogP contribution in [0.2, 0.25) is 0 Å². The molecule has 2 aliphatic rings. The van der Waals surface area contributed by atoms with Crippen LogP contribution in [0.4, 0.5) is 10.5 Å². The summed E-state index contributed by atoms with van der Waals surface area (Å²) in [6.07, 6.45) is 2.01. The van der Waals surface area contributed by atoms with Gasteiger partial charge in [-0.3, -0.25) is 4.79 Å². The number of esters is 1. The Morgan fingerprint density at radius 2 is 1.43 bits per heavy atom. The van der Waals surface area contributed by atoms with Gasteiger partial charge < -0.3 is 45.7 Å². The topological polar surface area (TPSA) is 167 Å². The van der Waals surface area contributed by atoms with Crippen LogP contribution < -0.4 is 30.7 Å². The lowest BCUT2D eigenvalue weighted by Gasteiger charge is -2.36. The smallest absolute Gasteiger partial charge is 0.412 e. The van der Waals surface area contributed by atoms with E-state index in [4.69, 9.17) is 26.4 Å². The molecule has 0 saturated carbocycles. The van der Waals surface area contributed by atoms with Crippen molar-refractivity contribution in [2.24, 2.45) is 0 Å². The number of aromatic hydroxyl groups is 2. The van der Waals surface area contributed by atoms with Gasteiger partial charge >= 0.3 is 12.1 Å². The van der Waals surface area contributed by atoms with E-state index in [-0.39, 0.29) is 17.4 Å². The lowest BCUT2D eigenvalue weighted by molar-refractivity contribution is -0.121. The molecule has 0 fully saturated rings. The molecule has 0 aliphatic carbocycles. The zero-order chi connectivity index (χ0) is 37.0. The molecule has 5 aromatic carbocycles. The van der Waals surface area contributed by atoms with Crippen LogP contribution in [0.15, 0.2) is 97.1 Å². The summed E-state index contributed by atoms with van der Waals surface area (Å²) in [6, 6.07) is 27.6. The highest BCUT2D eigenvalue weighted by Crippen LogP contribution is 2.57. The van der Waals surface area contributed by atoms with Crippen LogP contribution >= 0.6 is 12.2 Å². The molecule has 0 saturated heterocycles. The van der Waals surface area contributed by atoms with Gasteiger partial charge in [-0.1, -0.05) is 48.9 Å². The van der Waals surface area contributed by atoms with Gasteiger partial charge in [0.1, 0.15) is 28.7 Å². The summed E-state index contributed by atoms with van der Waals surface area (Å²) in [4.78, 5) is 37.9. The van der Waals surface area contributed by atoms with Crippen molar-refractivity contribution in [1.29, 1.82) is 0 Å². The summed E-state index contributed by atoms with van der Waals surface area (Å²) >= 11 is 5.45. The van der Waals surface area contributed by atoms with Crippen LogP contribution in [0.3, 0.4) is 0 Å². The van der Waals surface area contributed by atoms with Crippen molar-refractivity contribution in [2.75, 3.05) is 25.0 Å². The summed E-state index contributed by atoms with van der Waals surface area (Å²) in [6.45, 7) is 1.18. The number of unbranched alkanes of at least 4 members (excludes halogenated alkanes) is 2. The Kier molecular flexibility index (Phi) is 9.99. The van der Waals surface area contributed by atoms with Gasteiger partial charge in [0.15, 0.2) is 10.7 Å². The number of benzene rings is 5. The fourth-order valence-corrected chi connectivity index (χ4v) is 6.84. The molecule has 2 heterocycles. The van der Waals surface area contributed by atoms with E-state index in [9.17, 15) is 24.6 Å². The molecule has 7 rings (SSSR count). The van der Waals surface area contributed by atoms with Crippen LogP contribution in [0.5, 0.6) is 28.7 Å². The van der Waals surface area contributed by atoms with Crippen LogP contribution in [-0.4, -0.2) is 52.9 Å². The Balaban J connectivity index is 0.840. The predicted octanol–water partition coefficient (Wildman–Crippen LogP) is 6.57. The van der Waals surface area contributed by atoms with Crippen molar-refractivity contribution >= 4 is 51.8 Å². The van der Waals surface area contributed by atoms with Crippen LogP contribution in [0.1, 0.15) is 52.7 Å². The number of ether oxygens (including phenoxy) is 3. The molecule has 13 heteroatoms. The van der Waals surface area contributed by atoms with Gasteiger partial charge in [-0.25, -0.2) is 9.59 Å². The standard InChI is InChI=1S/C40H36N4O8S/c45-26-13-16-31-34(22-26)50-35-23-27(46)14-17-32(35)40(31)30-15-12-25(21-29(30)37(48)52-40)44-38(53)42-20-19-41-36(47)11-2-1-5-18-43-39(49)51-33-10-6-8-24-7-3-4-9-28(24)33/h3-4,6-10,12-17,21-23,45-46H,1-2,5,11,18-20H2,(H,41,47)(H,43,49)(H2,42,44,53). The summed E-state index contributed by atoms with van der Waals surface area (Å²) in [7, 11) is 0. The number of phenolic OH excluding ortho intramolecular Hbond substituents is 2. The van der Waals surface area contributed by atoms with E-state index < -0.39 is 17.7 Å². The number of fused-ring (bicyclic) bond motifs is 7. The first-order valence-corrected chi connectivity index (χ1v) is 17.6. The molecule has 12 nitrogen and oxygen atoms in total. The van der Waals surface area contributed by atoms with E-state index in [0.717, 1.165) is 17.2 Å². The number of carbonyl (C=O) groups excluding carboxylic acids is 3. The Labute approximate surface area is 310 Å². The van der Waals surface area contributed by atoms with Gasteiger partial charge in [0.2, 0.25) is 5.91 Å². The maximum Gasteiger partial charge on any atom is 0.412 e. The number of amides is 2. The highest BCUT2D eigenvalue weighted by molar-refractivity contribution is 7.80. The molecular formula is C40H36N4O8S. The van der Waals surface area contributed by atoms with Gasteiger partial charge in [-0.05, 0) is 72.9 Å². The zero-order valence-electron chi connectivity index (χ0n) is 28.4. The third-order valence-electron chi connectivity index (χ3n) is 9.07.